The zero-order valence-electron chi connectivity index (χ0n) is 9.40. The molecular formula is C12H19NO2. The Morgan fingerprint density at radius 3 is 2.73 bits per heavy atom. The fourth-order valence-electron chi connectivity index (χ4n) is 1.26. The Bertz CT molecular complexity index is 289. The lowest BCUT2D eigenvalue weighted by atomic mass is 10.2. The monoisotopic (exact) mass is 209 g/mol. The van der Waals surface area contributed by atoms with Gasteiger partial charge in [-0.05, 0) is 12.5 Å². The average molecular weight is 209 g/mol. The van der Waals surface area contributed by atoms with E-state index in [2.05, 4.69) is 6.92 Å². The maximum Gasteiger partial charge on any atom is 0.124 e. The van der Waals surface area contributed by atoms with Gasteiger partial charge < -0.3 is 15.2 Å². The smallest absolute Gasteiger partial charge is 0.124 e. The molecule has 2 N–H and O–H groups in total. The van der Waals surface area contributed by atoms with Gasteiger partial charge in [0.25, 0.3) is 0 Å². The minimum Gasteiger partial charge on any atom is -0.496 e. The van der Waals surface area contributed by atoms with Crippen LogP contribution in [0.4, 0.5) is 0 Å². The third kappa shape index (κ3) is 3.90. The molecule has 0 aromatic heterocycles. The second-order valence-electron chi connectivity index (χ2n) is 3.50. The van der Waals surface area contributed by atoms with Gasteiger partial charge in [0.2, 0.25) is 0 Å². The van der Waals surface area contributed by atoms with Gasteiger partial charge in [0.1, 0.15) is 5.75 Å². The first kappa shape index (κ1) is 12.0. The Morgan fingerprint density at radius 2 is 2.07 bits per heavy atom. The molecule has 0 aliphatic carbocycles. The van der Waals surface area contributed by atoms with Crippen LogP contribution in [0.2, 0.25) is 0 Å². The molecule has 0 radical (unpaired) electrons. The summed E-state index contributed by atoms with van der Waals surface area (Å²) < 4.78 is 10.7. The van der Waals surface area contributed by atoms with Crippen LogP contribution < -0.4 is 10.5 Å². The molecule has 0 amide bonds. The second-order valence-corrected chi connectivity index (χ2v) is 3.50. The van der Waals surface area contributed by atoms with E-state index in [0.717, 1.165) is 17.7 Å². The molecule has 84 valence electrons. The Morgan fingerprint density at radius 1 is 1.33 bits per heavy atom. The highest BCUT2D eigenvalue weighted by molar-refractivity contribution is 5.32. The second kappa shape index (κ2) is 6.43. The molecule has 3 nitrogen and oxygen atoms in total. The summed E-state index contributed by atoms with van der Waals surface area (Å²) >= 11 is 0. The first-order valence-electron chi connectivity index (χ1n) is 5.23. The number of ether oxygens (including phenoxy) is 2. The minimum absolute atomic E-state index is 0.125. The summed E-state index contributed by atoms with van der Waals surface area (Å²) in [4.78, 5) is 0. The summed E-state index contributed by atoms with van der Waals surface area (Å²) in [6.07, 6.45) is 0.936. The number of hydrogen-bond donors (Lipinski definition) is 1. The molecule has 1 aromatic carbocycles. The molecule has 0 bridgehead atoms. The van der Waals surface area contributed by atoms with E-state index in [1.165, 1.54) is 0 Å². The number of para-hydroxylation sites is 1. The highest BCUT2D eigenvalue weighted by Gasteiger charge is 2.03. The van der Waals surface area contributed by atoms with Gasteiger partial charge >= 0.3 is 0 Å². The largest absolute Gasteiger partial charge is 0.496 e. The molecule has 0 saturated heterocycles. The number of methoxy groups -OCH3 is 1. The molecule has 0 aliphatic rings. The van der Waals surface area contributed by atoms with Gasteiger partial charge in [0, 0.05) is 11.6 Å². The Labute approximate surface area is 91.2 Å². The van der Waals surface area contributed by atoms with E-state index in [-0.39, 0.29) is 6.04 Å². The van der Waals surface area contributed by atoms with Crippen molar-refractivity contribution in [1.82, 2.24) is 0 Å². The fraction of sp³-hybridized carbons (Fsp3) is 0.500. The standard InChI is InChI=1S/C12H19NO2/c1-3-11(13)9-15-8-10-6-4-5-7-12(10)14-2/h4-7,11H,3,8-9,13H2,1-2H3. The molecule has 0 fully saturated rings. The van der Waals surface area contributed by atoms with E-state index in [1.807, 2.05) is 24.3 Å². The van der Waals surface area contributed by atoms with Crippen LogP contribution in [-0.2, 0) is 11.3 Å². The summed E-state index contributed by atoms with van der Waals surface area (Å²) in [5.74, 6) is 0.863. The third-order valence-electron chi connectivity index (χ3n) is 2.31. The van der Waals surface area contributed by atoms with E-state index in [4.69, 9.17) is 15.2 Å². The van der Waals surface area contributed by atoms with Gasteiger partial charge in [-0.2, -0.15) is 0 Å². The number of benzene rings is 1. The molecular weight excluding hydrogens is 190 g/mol. The number of rotatable bonds is 6. The predicted molar refractivity (Wildman–Crippen MR) is 60.9 cm³/mol. The van der Waals surface area contributed by atoms with Crippen molar-refractivity contribution in [1.29, 1.82) is 0 Å². The SMILES string of the molecule is CCC(N)COCc1ccccc1OC. The summed E-state index contributed by atoms with van der Waals surface area (Å²) in [6.45, 7) is 3.20. The van der Waals surface area contributed by atoms with Gasteiger partial charge in [-0.3, -0.25) is 0 Å². The van der Waals surface area contributed by atoms with Crippen LogP contribution in [0.25, 0.3) is 0 Å². The molecule has 1 aromatic rings. The lowest BCUT2D eigenvalue weighted by Gasteiger charge is -2.11. The van der Waals surface area contributed by atoms with Gasteiger partial charge in [-0.25, -0.2) is 0 Å². The summed E-state index contributed by atoms with van der Waals surface area (Å²) in [6, 6.07) is 7.97. The topological polar surface area (TPSA) is 44.5 Å². The van der Waals surface area contributed by atoms with E-state index in [0.29, 0.717) is 13.2 Å². The Balaban J connectivity index is 2.43. The summed E-state index contributed by atoms with van der Waals surface area (Å²) in [5.41, 5.74) is 6.81. The molecule has 0 aliphatic heterocycles. The lowest BCUT2D eigenvalue weighted by Crippen LogP contribution is -2.24. The van der Waals surface area contributed by atoms with Crippen molar-refractivity contribution in [2.45, 2.75) is 26.0 Å². The molecule has 1 rings (SSSR count). The summed E-state index contributed by atoms with van der Waals surface area (Å²) in [7, 11) is 1.66. The zero-order chi connectivity index (χ0) is 11.1. The van der Waals surface area contributed by atoms with Crippen molar-refractivity contribution in [2.75, 3.05) is 13.7 Å². The van der Waals surface area contributed by atoms with Crippen LogP contribution in [0.15, 0.2) is 24.3 Å². The molecule has 0 spiro atoms. The third-order valence-corrected chi connectivity index (χ3v) is 2.31. The minimum atomic E-state index is 0.125. The van der Waals surface area contributed by atoms with Crippen molar-refractivity contribution >= 4 is 0 Å². The quantitative estimate of drug-likeness (QED) is 0.778. The van der Waals surface area contributed by atoms with Crippen LogP contribution in [0, 0.1) is 0 Å². The van der Waals surface area contributed by atoms with Crippen molar-refractivity contribution in [3.05, 3.63) is 29.8 Å². The molecule has 15 heavy (non-hydrogen) atoms. The van der Waals surface area contributed by atoms with Crippen LogP contribution in [0.3, 0.4) is 0 Å². The predicted octanol–water partition coefficient (Wildman–Crippen LogP) is 1.95. The zero-order valence-corrected chi connectivity index (χ0v) is 9.40. The van der Waals surface area contributed by atoms with Crippen molar-refractivity contribution in [3.63, 3.8) is 0 Å². The van der Waals surface area contributed by atoms with Crippen LogP contribution >= 0.6 is 0 Å². The Hall–Kier alpha value is -1.06. The van der Waals surface area contributed by atoms with Crippen molar-refractivity contribution < 1.29 is 9.47 Å². The highest BCUT2D eigenvalue weighted by Crippen LogP contribution is 2.17. The van der Waals surface area contributed by atoms with Crippen LogP contribution in [0.5, 0.6) is 5.75 Å². The fourth-order valence-corrected chi connectivity index (χ4v) is 1.26. The maximum absolute atomic E-state index is 5.75. The van der Waals surface area contributed by atoms with E-state index >= 15 is 0 Å². The van der Waals surface area contributed by atoms with Gasteiger partial charge in [-0.1, -0.05) is 25.1 Å². The van der Waals surface area contributed by atoms with Crippen molar-refractivity contribution in [3.8, 4) is 5.75 Å². The number of nitrogens with two attached hydrogens (primary N) is 1. The Kier molecular flexibility index (Phi) is 5.15. The van der Waals surface area contributed by atoms with E-state index in [1.54, 1.807) is 7.11 Å². The molecule has 0 saturated carbocycles. The molecule has 0 heterocycles. The molecule has 1 unspecified atom stereocenters. The molecule has 3 heteroatoms. The highest BCUT2D eigenvalue weighted by atomic mass is 16.5. The number of hydrogen-bond acceptors (Lipinski definition) is 3. The maximum atomic E-state index is 5.75. The van der Waals surface area contributed by atoms with Crippen LogP contribution in [0.1, 0.15) is 18.9 Å². The van der Waals surface area contributed by atoms with E-state index in [9.17, 15) is 0 Å². The first-order valence-corrected chi connectivity index (χ1v) is 5.23. The van der Waals surface area contributed by atoms with E-state index < -0.39 is 0 Å². The van der Waals surface area contributed by atoms with Crippen molar-refractivity contribution in [2.24, 2.45) is 5.73 Å². The van der Waals surface area contributed by atoms with Gasteiger partial charge in [-0.15, -0.1) is 0 Å². The van der Waals surface area contributed by atoms with Crippen LogP contribution in [-0.4, -0.2) is 19.8 Å². The van der Waals surface area contributed by atoms with Gasteiger partial charge in [0.05, 0.1) is 20.3 Å². The normalized spacial score (nSPS) is 12.5. The molecule has 1 atom stereocenters. The lowest BCUT2D eigenvalue weighted by molar-refractivity contribution is 0.105. The summed E-state index contributed by atoms with van der Waals surface area (Å²) in [5, 5.41) is 0. The average Bonchev–Trinajstić information content (AvgIpc) is 2.29. The first-order chi connectivity index (χ1) is 7.27. The van der Waals surface area contributed by atoms with Gasteiger partial charge in [0.15, 0.2) is 0 Å².